The second-order valence-corrected chi connectivity index (χ2v) is 7.75. The van der Waals surface area contributed by atoms with Gasteiger partial charge in [-0.15, -0.1) is 0 Å². The number of amides is 2. The molecule has 32 heavy (non-hydrogen) atoms. The van der Waals surface area contributed by atoms with Gasteiger partial charge in [0.15, 0.2) is 0 Å². The number of halogens is 3. The average molecular weight is 457 g/mol. The maximum Gasteiger partial charge on any atom is 0.242 e. The van der Waals surface area contributed by atoms with Crippen LogP contribution in [0.15, 0.2) is 72.8 Å². The quantitative estimate of drug-likeness (QED) is 0.540. The summed E-state index contributed by atoms with van der Waals surface area (Å²) < 4.78 is 27.7. The van der Waals surface area contributed by atoms with E-state index in [4.69, 9.17) is 11.6 Å². The van der Waals surface area contributed by atoms with Crippen molar-refractivity contribution in [3.8, 4) is 0 Å². The zero-order valence-electron chi connectivity index (χ0n) is 17.5. The number of likely N-dealkylation sites (N-methyl/N-ethyl adjacent to an activating group) is 1. The van der Waals surface area contributed by atoms with Crippen molar-refractivity contribution in [2.24, 2.45) is 0 Å². The smallest absolute Gasteiger partial charge is 0.242 e. The second-order valence-electron chi connectivity index (χ2n) is 7.34. The zero-order chi connectivity index (χ0) is 23.1. The number of rotatable bonds is 8. The topological polar surface area (TPSA) is 49.4 Å². The van der Waals surface area contributed by atoms with Gasteiger partial charge in [-0.05, 0) is 35.4 Å². The molecule has 0 saturated carbocycles. The van der Waals surface area contributed by atoms with Crippen molar-refractivity contribution in [2.75, 3.05) is 7.05 Å². The number of carbonyl (C=O) groups excluding carboxylic acids is 2. The van der Waals surface area contributed by atoms with E-state index in [1.54, 1.807) is 12.1 Å². The van der Waals surface area contributed by atoms with E-state index >= 15 is 0 Å². The Bertz CT molecular complexity index is 1050. The lowest BCUT2D eigenvalue weighted by Crippen LogP contribution is -2.50. The standard InChI is InChI=1S/C25H23ClF2N2O2/c1-29-25(32)23(14-17-6-3-2-4-7-17)30(16-18-10-12-19(27)13-11-18)24(31)15-20-21(26)8-5-9-22(20)28/h2-13,23H,14-16H2,1H3,(H,29,32)/t23-/m0/s1. The molecule has 166 valence electrons. The van der Waals surface area contributed by atoms with Crippen molar-refractivity contribution in [3.05, 3.63) is 106 Å². The van der Waals surface area contributed by atoms with Crippen LogP contribution in [0.25, 0.3) is 0 Å². The van der Waals surface area contributed by atoms with Crippen LogP contribution in [-0.4, -0.2) is 29.8 Å². The summed E-state index contributed by atoms with van der Waals surface area (Å²) in [6.07, 6.45) is -0.0482. The van der Waals surface area contributed by atoms with Crippen LogP contribution in [0.3, 0.4) is 0 Å². The Morgan fingerprint density at radius 2 is 1.62 bits per heavy atom. The van der Waals surface area contributed by atoms with Gasteiger partial charge in [0.1, 0.15) is 17.7 Å². The van der Waals surface area contributed by atoms with Crippen molar-refractivity contribution in [2.45, 2.75) is 25.4 Å². The first-order valence-electron chi connectivity index (χ1n) is 10.1. The molecule has 0 bridgehead atoms. The van der Waals surface area contributed by atoms with Gasteiger partial charge in [-0.25, -0.2) is 8.78 Å². The lowest BCUT2D eigenvalue weighted by atomic mass is 10.0. The second kappa shape index (κ2) is 10.9. The van der Waals surface area contributed by atoms with Gasteiger partial charge in [-0.2, -0.15) is 0 Å². The largest absolute Gasteiger partial charge is 0.357 e. The van der Waals surface area contributed by atoms with E-state index in [1.165, 1.54) is 42.3 Å². The van der Waals surface area contributed by atoms with Gasteiger partial charge in [0.05, 0.1) is 6.42 Å². The Morgan fingerprint density at radius 3 is 2.25 bits per heavy atom. The van der Waals surface area contributed by atoms with Gasteiger partial charge in [-0.1, -0.05) is 60.1 Å². The van der Waals surface area contributed by atoms with E-state index in [9.17, 15) is 18.4 Å². The molecule has 0 radical (unpaired) electrons. The fourth-order valence-corrected chi connectivity index (χ4v) is 3.69. The Balaban J connectivity index is 1.97. The summed E-state index contributed by atoms with van der Waals surface area (Å²) in [4.78, 5) is 27.6. The summed E-state index contributed by atoms with van der Waals surface area (Å²) in [5.41, 5.74) is 1.57. The summed E-state index contributed by atoms with van der Waals surface area (Å²) >= 11 is 6.12. The van der Waals surface area contributed by atoms with E-state index < -0.39 is 23.6 Å². The Kier molecular flexibility index (Phi) is 7.95. The van der Waals surface area contributed by atoms with Crippen molar-refractivity contribution in [3.63, 3.8) is 0 Å². The highest BCUT2D eigenvalue weighted by molar-refractivity contribution is 6.31. The minimum absolute atomic E-state index is 0.0517. The molecule has 7 heteroatoms. The number of hydrogen-bond acceptors (Lipinski definition) is 2. The lowest BCUT2D eigenvalue weighted by Gasteiger charge is -2.31. The van der Waals surface area contributed by atoms with Crippen molar-refractivity contribution in [1.82, 2.24) is 10.2 Å². The van der Waals surface area contributed by atoms with Gasteiger partial charge in [0.25, 0.3) is 0 Å². The summed E-state index contributed by atoms with van der Waals surface area (Å²) in [7, 11) is 1.49. The van der Waals surface area contributed by atoms with Crippen LogP contribution >= 0.6 is 11.6 Å². The Hall–Kier alpha value is -3.25. The number of benzene rings is 3. The molecule has 0 aliphatic carbocycles. The number of hydrogen-bond donors (Lipinski definition) is 1. The first-order chi connectivity index (χ1) is 15.4. The maximum absolute atomic E-state index is 14.3. The van der Waals surface area contributed by atoms with E-state index in [1.807, 2.05) is 30.3 Å². The molecule has 0 aliphatic rings. The van der Waals surface area contributed by atoms with Gasteiger partial charge in [-0.3, -0.25) is 9.59 Å². The highest BCUT2D eigenvalue weighted by Gasteiger charge is 2.30. The fraction of sp³-hybridized carbons (Fsp3) is 0.200. The summed E-state index contributed by atoms with van der Waals surface area (Å²) in [5, 5.41) is 2.75. The molecule has 2 amide bonds. The van der Waals surface area contributed by atoms with E-state index in [0.717, 1.165) is 5.56 Å². The monoisotopic (exact) mass is 456 g/mol. The van der Waals surface area contributed by atoms with Crippen molar-refractivity contribution >= 4 is 23.4 Å². The molecule has 4 nitrogen and oxygen atoms in total. The SMILES string of the molecule is CNC(=O)[C@H](Cc1ccccc1)N(Cc1ccc(F)cc1)C(=O)Cc1c(F)cccc1Cl. The van der Waals surface area contributed by atoms with Crippen molar-refractivity contribution in [1.29, 1.82) is 0 Å². The summed E-state index contributed by atoms with van der Waals surface area (Å²) in [6, 6.07) is 18.3. The van der Waals surface area contributed by atoms with Crippen LogP contribution in [0.4, 0.5) is 8.78 Å². The minimum Gasteiger partial charge on any atom is -0.357 e. The highest BCUT2D eigenvalue weighted by atomic mass is 35.5. The van der Waals surface area contributed by atoms with E-state index in [0.29, 0.717) is 5.56 Å². The van der Waals surface area contributed by atoms with E-state index in [2.05, 4.69) is 5.32 Å². The number of carbonyl (C=O) groups is 2. The summed E-state index contributed by atoms with van der Waals surface area (Å²) in [5.74, 6) is -1.82. The molecular formula is C25H23ClF2N2O2. The molecule has 0 unspecified atom stereocenters. The van der Waals surface area contributed by atoms with E-state index in [-0.39, 0.29) is 35.9 Å². The van der Waals surface area contributed by atoms with Crippen LogP contribution in [0.5, 0.6) is 0 Å². The van der Waals surface area contributed by atoms with Gasteiger partial charge in [0.2, 0.25) is 11.8 Å². The first kappa shape index (κ1) is 23.4. The first-order valence-corrected chi connectivity index (χ1v) is 10.5. The van der Waals surface area contributed by atoms with Gasteiger partial charge in [0, 0.05) is 30.6 Å². The molecule has 3 aromatic rings. The molecule has 3 rings (SSSR count). The summed E-state index contributed by atoms with van der Waals surface area (Å²) in [6.45, 7) is 0.0517. The van der Waals surface area contributed by atoms with Gasteiger partial charge < -0.3 is 10.2 Å². The normalized spacial score (nSPS) is 11.6. The molecule has 0 aliphatic heterocycles. The Morgan fingerprint density at radius 1 is 0.938 bits per heavy atom. The third-order valence-electron chi connectivity index (χ3n) is 5.17. The minimum atomic E-state index is -0.856. The van der Waals surface area contributed by atoms with Crippen LogP contribution < -0.4 is 5.32 Å². The molecule has 0 spiro atoms. The average Bonchev–Trinajstić information content (AvgIpc) is 2.80. The molecule has 1 N–H and O–H groups in total. The molecule has 1 atom stereocenters. The van der Waals surface area contributed by atoms with Crippen LogP contribution in [0, 0.1) is 11.6 Å². The third-order valence-corrected chi connectivity index (χ3v) is 5.53. The lowest BCUT2D eigenvalue weighted by molar-refractivity contribution is -0.140. The molecular weight excluding hydrogens is 434 g/mol. The van der Waals surface area contributed by atoms with Crippen LogP contribution in [-0.2, 0) is 29.0 Å². The molecule has 0 aromatic heterocycles. The molecule has 0 fully saturated rings. The van der Waals surface area contributed by atoms with Gasteiger partial charge >= 0.3 is 0 Å². The third kappa shape index (κ3) is 5.92. The van der Waals surface area contributed by atoms with Crippen LogP contribution in [0.1, 0.15) is 16.7 Å². The zero-order valence-corrected chi connectivity index (χ0v) is 18.3. The molecule has 3 aromatic carbocycles. The van der Waals surface area contributed by atoms with Crippen LogP contribution in [0.2, 0.25) is 5.02 Å². The molecule has 0 saturated heterocycles. The fourth-order valence-electron chi connectivity index (χ4n) is 3.46. The highest BCUT2D eigenvalue weighted by Crippen LogP contribution is 2.22. The van der Waals surface area contributed by atoms with Crippen molar-refractivity contribution < 1.29 is 18.4 Å². The number of nitrogens with zero attached hydrogens (tertiary/aromatic N) is 1. The predicted octanol–water partition coefficient (Wildman–Crippen LogP) is 4.55. The number of nitrogens with one attached hydrogen (secondary N) is 1. The molecule has 0 heterocycles. The maximum atomic E-state index is 14.3. The predicted molar refractivity (Wildman–Crippen MR) is 120 cm³/mol. The Labute approximate surface area is 190 Å².